The Bertz CT molecular complexity index is 1080. The number of nitrogens with one attached hydrogen (secondary N) is 1. The molecule has 1 saturated heterocycles. The number of halogens is 1. The van der Waals surface area contributed by atoms with Gasteiger partial charge in [0.05, 0.1) is 13.2 Å². The van der Waals surface area contributed by atoms with E-state index in [2.05, 4.69) is 9.47 Å². The van der Waals surface area contributed by atoms with E-state index in [4.69, 9.17) is 27.8 Å². The lowest BCUT2D eigenvalue weighted by Gasteiger charge is -2.31. The number of phosphoric acid groups is 1. The molecule has 218 valence electrons. The number of H-pyrrole nitrogens is 1. The summed E-state index contributed by atoms with van der Waals surface area (Å²) in [7, 11) is -4.83. The largest absolute Gasteiger partial charge is 0.510 e. The second-order valence-electron chi connectivity index (χ2n) is 7.79. The van der Waals surface area contributed by atoms with Gasteiger partial charge in [0.25, 0.3) is 12.0 Å². The molecule has 0 aliphatic carbocycles. The molecular weight excluding hydrogens is 546 g/mol. The Morgan fingerprint density at radius 2 is 1.89 bits per heavy atom. The summed E-state index contributed by atoms with van der Waals surface area (Å²) in [6.45, 7) is -2.37. The average Bonchev–Trinajstić information content (AvgIpc) is 3.04. The van der Waals surface area contributed by atoms with Crippen molar-refractivity contribution in [3.8, 4) is 0 Å². The van der Waals surface area contributed by atoms with Crippen LogP contribution in [-0.2, 0) is 41.8 Å². The fourth-order valence-corrected chi connectivity index (χ4v) is 4.19. The highest BCUT2D eigenvalue weighted by Crippen LogP contribution is 2.52. The molecule has 4 N–H and O–H groups in total. The lowest BCUT2D eigenvalue weighted by Crippen LogP contribution is -2.53. The van der Waals surface area contributed by atoms with Crippen LogP contribution in [0.1, 0.15) is 27.0 Å². The minimum atomic E-state index is -4.83. The van der Waals surface area contributed by atoms with Crippen molar-refractivity contribution in [2.45, 2.75) is 50.8 Å². The number of aromatic amines is 1. The zero-order chi connectivity index (χ0) is 28.6. The van der Waals surface area contributed by atoms with Gasteiger partial charge in [0, 0.05) is 18.9 Å². The highest BCUT2D eigenvalue weighted by molar-refractivity contribution is 7.48. The molecule has 0 spiro atoms. The second-order valence-corrected chi connectivity index (χ2v) is 9.45. The number of alkyl halides is 1. The first-order valence-corrected chi connectivity index (χ1v) is 12.5. The monoisotopic (exact) mass is 576 g/mol. The summed E-state index contributed by atoms with van der Waals surface area (Å²) >= 11 is 0. The van der Waals surface area contributed by atoms with Crippen LogP contribution in [0.5, 0.6) is 0 Å². The number of phosphoric ester groups is 1. The van der Waals surface area contributed by atoms with Crippen LogP contribution >= 0.6 is 7.82 Å². The topological polar surface area (TPSA) is 224 Å². The maximum Gasteiger partial charge on any atom is 0.510 e. The minimum Gasteiger partial charge on any atom is -0.435 e. The van der Waals surface area contributed by atoms with Crippen molar-refractivity contribution < 1.29 is 66.3 Å². The number of carbonyl (C=O) groups is 1. The van der Waals surface area contributed by atoms with Crippen LogP contribution in [0.3, 0.4) is 0 Å². The first-order chi connectivity index (χ1) is 17.8. The lowest BCUT2D eigenvalue weighted by molar-refractivity contribution is -0.281. The Morgan fingerprint density at radius 1 is 1.21 bits per heavy atom. The summed E-state index contributed by atoms with van der Waals surface area (Å²) in [4.78, 5) is 36.9. The van der Waals surface area contributed by atoms with E-state index in [1.165, 1.54) is 6.92 Å². The van der Waals surface area contributed by atoms with E-state index in [0.717, 1.165) is 19.2 Å². The smallest absolute Gasteiger partial charge is 0.435 e. The molecule has 2 rings (SSSR count). The molecule has 2 heterocycles. The third-order valence-corrected chi connectivity index (χ3v) is 6.36. The SMILES string of the molecule is CCOC(=O)OCOP(=O)(OCOC(O)OCC)OC[C@@]1(CF)O[C@@H](n2ccc(=O)[nH]c2=O)[C@](C)(O)[C@@H]1O. The van der Waals surface area contributed by atoms with Crippen LogP contribution in [0, 0.1) is 0 Å². The number of ether oxygens (including phenoxy) is 5. The van der Waals surface area contributed by atoms with Crippen molar-refractivity contribution >= 4 is 14.0 Å². The fraction of sp³-hybridized carbons (Fsp3) is 0.737. The summed E-state index contributed by atoms with van der Waals surface area (Å²) in [6.07, 6.45) is -4.07. The predicted octanol–water partition coefficient (Wildman–Crippen LogP) is -0.539. The van der Waals surface area contributed by atoms with Gasteiger partial charge in [-0.05, 0) is 20.8 Å². The molecule has 17 nitrogen and oxygen atoms in total. The molecule has 38 heavy (non-hydrogen) atoms. The molecule has 0 saturated carbocycles. The van der Waals surface area contributed by atoms with Gasteiger partial charge in [-0.15, -0.1) is 0 Å². The number of rotatable bonds is 15. The molecule has 1 aromatic heterocycles. The third-order valence-electron chi connectivity index (χ3n) is 5.08. The van der Waals surface area contributed by atoms with Crippen LogP contribution in [0.2, 0.25) is 0 Å². The highest BCUT2D eigenvalue weighted by Gasteiger charge is 2.63. The fourth-order valence-electron chi connectivity index (χ4n) is 3.22. The maximum atomic E-state index is 14.3. The molecule has 1 aliphatic rings. The van der Waals surface area contributed by atoms with E-state index >= 15 is 0 Å². The summed E-state index contributed by atoms with van der Waals surface area (Å²) in [5.74, 6) is 0. The first kappa shape index (κ1) is 32.0. The number of nitrogens with zero attached hydrogens (tertiary/aromatic N) is 1. The first-order valence-electron chi connectivity index (χ1n) is 11.0. The predicted molar refractivity (Wildman–Crippen MR) is 119 cm³/mol. The maximum absolute atomic E-state index is 14.3. The third kappa shape index (κ3) is 7.89. The standard InChI is InChI=1S/C19H30FN2O15P/c1-4-30-16(26)32-10-35-38(29,36-11-33-17(27)31-5-2)34-9-19(8-20)13(24)18(3,28)14(37-19)22-7-6-12(23)21-15(22)25/h6-7,13-14,16,24,26,28H,4-5,8-11H2,1-3H3,(H,21,23,25)/t13-,14+,16?,18+,19+,38?/m0/s1. The van der Waals surface area contributed by atoms with E-state index < -0.39 is 82.1 Å². The zero-order valence-electron chi connectivity index (χ0n) is 20.6. The number of hydrogen-bond donors (Lipinski definition) is 4. The Hall–Kier alpha value is -2.25. The van der Waals surface area contributed by atoms with Gasteiger partial charge in [-0.25, -0.2) is 23.1 Å². The zero-order valence-corrected chi connectivity index (χ0v) is 21.5. The van der Waals surface area contributed by atoms with Crippen LogP contribution in [-0.4, -0.2) is 94.9 Å². The Labute approximate surface area is 214 Å². The Balaban J connectivity index is 2.22. The van der Waals surface area contributed by atoms with Crippen molar-refractivity contribution in [1.29, 1.82) is 0 Å². The van der Waals surface area contributed by atoms with Crippen molar-refractivity contribution in [3.63, 3.8) is 0 Å². The quantitative estimate of drug-likeness (QED) is 0.117. The minimum absolute atomic E-state index is 0.0413. The van der Waals surface area contributed by atoms with Crippen molar-refractivity contribution in [2.24, 2.45) is 0 Å². The van der Waals surface area contributed by atoms with Gasteiger partial charge in [0.1, 0.15) is 18.4 Å². The number of aliphatic hydroxyl groups excluding tert-OH is 2. The van der Waals surface area contributed by atoms with E-state index in [1.807, 2.05) is 4.98 Å². The van der Waals surface area contributed by atoms with Crippen molar-refractivity contribution in [2.75, 3.05) is 40.1 Å². The normalized spacial score (nSPS) is 27.6. The van der Waals surface area contributed by atoms with Gasteiger partial charge < -0.3 is 39.0 Å². The summed E-state index contributed by atoms with van der Waals surface area (Å²) in [5, 5.41) is 31.0. The van der Waals surface area contributed by atoms with Gasteiger partial charge in [-0.2, -0.15) is 0 Å². The average molecular weight is 576 g/mol. The molecule has 1 aromatic rings. The number of aromatic nitrogens is 2. The van der Waals surface area contributed by atoms with Gasteiger partial charge >= 0.3 is 19.7 Å². The molecule has 2 unspecified atom stereocenters. The van der Waals surface area contributed by atoms with Crippen LogP contribution in [0.15, 0.2) is 21.9 Å². The van der Waals surface area contributed by atoms with Gasteiger partial charge in [0.2, 0.25) is 6.79 Å². The number of aliphatic hydroxyl groups is 3. The number of hydrogen-bond acceptors (Lipinski definition) is 15. The molecule has 1 fully saturated rings. The summed E-state index contributed by atoms with van der Waals surface area (Å²) < 4.78 is 66.8. The molecule has 0 radical (unpaired) electrons. The molecule has 19 heteroatoms. The molecule has 1 aliphatic heterocycles. The van der Waals surface area contributed by atoms with Gasteiger partial charge in [-0.3, -0.25) is 23.4 Å². The Morgan fingerprint density at radius 3 is 2.50 bits per heavy atom. The summed E-state index contributed by atoms with van der Waals surface area (Å²) in [5.41, 5.74) is -6.58. The van der Waals surface area contributed by atoms with E-state index in [1.54, 1.807) is 6.92 Å². The van der Waals surface area contributed by atoms with Crippen molar-refractivity contribution in [1.82, 2.24) is 9.55 Å². The van der Waals surface area contributed by atoms with Crippen LogP contribution < -0.4 is 11.2 Å². The Kier molecular flexibility index (Phi) is 11.5. The van der Waals surface area contributed by atoms with E-state index in [9.17, 15) is 38.7 Å². The summed E-state index contributed by atoms with van der Waals surface area (Å²) in [6, 6.07) is 0.926. The molecular formula is C19H30FN2O15P. The lowest BCUT2D eigenvalue weighted by atomic mass is 9.88. The highest BCUT2D eigenvalue weighted by atomic mass is 31.2. The van der Waals surface area contributed by atoms with Crippen LogP contribution in [0.25, 0.3) is 0 Å². The molecule has 0 aromatic carbocycles. The van der Waals surface area contributed by atoms with Gasteiger partial charge in [0.15, 0.2) is 18.6 Å². The molecule has 6 atom stereocenters. The molecule has 0 amide bonds. The van der Waals surface area contributed by atoms with Gasteiger partial charge in [-0.1, -0.05) is 0 Å². The van der Waals surface area contributed by atoms with Crippen LogP contribution in [0.4, 0.5) is 9.18 Å². The molecule has 0 bridgehead atoms. The second kappa shape index (κ2) is 13.7. The van der Waals surface area contributed by atoms with Crippen molar-refractivity contribution in [3.05, 3.63) is 33.1 Å². The van der Waals surface area contributed by atoms with E-state index in [0.29, 0.717) is 4.57 Å². The number of carbonyl (C=O) groups excluding carboxylic acids is 1. The van der Waals surface area contributed by atoms with E-state index in [-0.39, 0.29) is 13.2 Å².